The number of hydrogen-bond donors (Lipinski definition) is 2. The first-order valence-corrected chi connectivity index (χ1v) is 9.65. The molecule has 1 aliphatic rings. The van der Waals surface area contributed by atoms with Crippen LogP contribution < -0.4 is 25.0 Å². The third-order valence-corrected chi connectivity index (χ3v) is 4.62. The molecule has 0 radical (unpaired) electrons. The Morgan fingerprint density at radius 1 is 0.839 bits per heavy atom. The highest BCUT2D eigenvalue weighted by atomic mass is 35.5. The maximum absolute atomic E-state index is 5.45. The number of hydrogen-bond acceptors (Lipinski definition) is 9. The highest BCUT2D eigenvalue weighted by Crippen LogP contribution is 2.27. The van der Waals surface area contributed by atoms with Crippen LogP contribution in [0.4, 0.5) is 29.2 Å². The fraction of sp³-hybridized carbons (Fsp3) is 0.286. The van der Waals surface area contributed by atoms with Gasteiger partial charge >= 0.3 is 0 Å². The van der Waals surface area contributed by atoms with Crippen molar-refractivity contribution in [1.29, 1.82) is 0 Å². The number of methoxy groups -OCH3 is 2. The Kier molecular flexibility index (Phi) is 7.69. The SMILES string of the molecule is COc1ccc(Nc2nc(Nc3ccccc3OC)nc(N3CCOCC3)n2)cc1.Cl. The topological polar surface area (TPSA) is 93.7 Å². The molecule has 0 atom stereocenters. The lowest BCUT2D eigenvalue weighted by atomic mass is 10.3. The summed E-state index contributed by atoms with van der Waals surface area (Å²) in [4.78, 5) is 15.9. The van der Waals surface area contributed by atoms with E-state index in [1.54, 1.807) is 14.2 Å². The Hall–Kier alpha value is -3.30. The van der Waals surface area contributed by atoms with Crippen LogP contribution in [0.5, 0.6) is 11.5 Å². The molecule has 0 unspecified atom stereocenters. The normalized spacial score (nSPS) is 13.2. The zero-order chi connectivity index (χ0) is 20.8. The van der Waals surface area contributed by atoms with E-state index < -0.39 is 0 Å². The molecule has 4 rings (SSSR count). The molecule has 0 spiro atoms. The second kappa shape index (κ2) is 10.6. The van der Waals surface area contributed by atoms with Crippen LogP contribution in [0.1, 0.15) is 0 Å². The summed E-state index contributed by atoms with van der Waals surface area (Å²) in [5.41, 5.74) is 1.62. The predicted octanol–water partition coefficient (Wildman–Crippen LogP) is 3.63. The van der Waals surface area contributed by atoms with Gasteiger partial charge in [-0.15, -0.1) is 12.4 Å². The van der Waals surface area contributed by atoms with Gasteiger partial charge in [0.2, 0.25) is 17.8 Å². The fourth-order valence-electron chi connectivity index (χ4n) is 3.05. The lowest BCUT2D eigenvalue weighted by Gasteiger charge is -2.27. The van der Waals surface area contributed by atoms with Crippen LogP contribution in [-0.2, 0) is 4.74 Å². The number of halogens is 1. The summed E-state index contributed by atoms with van der Waals surface area (Å²) in [5, 5.41) is 6.48. The van der Waals surface area contributed by atoms with Gasteiger partial charge in [-0.05, 0) is 36.4 Å². The van der Waals surface area contributed by atoms with Gasteiger partial charge in [-0.2, -0.15) is 15.0 Å². The lowest BCUT2D eigenvalue weighted by Crippen LogP contribution is -2.37. The zero-order valence-electron chi connectivity index (χ0n) is 17.4. The summed E-state index contributed by atoms with van der Waals surface area (Å²) < 4.78 is 16.1. The number of morpholine rings is 1. The first-order valence-electron chi connectivity index (χ1n) is 9.65. The van der Waals surface area contributed by atoms with Crippen molar-refractivity contribution in [2.24, 2.45) is 0 Å². The third-order valence-electron chi connectivity index (χ3n) is 4.62. The van der Waals surface area contributed by atoms with Gasteiger partial charge in [0, 0.05) is 18.8 Å². The second-order valence-electron chi connectivity index (χ2n) is 6.56. The van der Waals surface area contributed by atoms with E-state index in [2.05, 4.69) is 30.5 Å². The average molecular weight is 445 g/mol. The molecule has 1 fully saturated rings. The van der Waals surface area contributed by atoms with Crippen LogP contribution in [-0.4, -0.2) is 55.5 Å². The van der Waals surface area contributed by atoms with Crippen LogP contribution in [0.15, 0.2) is 48.5 Å². The maximum Gasteiger partial charge on any atom is 0.233 e. The van der Waals surface area contributed by atoms with Gasteiger partial charge < -0.3 is 29.7 Å². The number of aromatic nitrogens is 3. The summed E-state index contributed by atoms with van der Waals surface area (Å²) in [5.74, 6) is 2.93. The van der Waals surface area contributed by atoms with Gasteiger partial charge in [0.1, 0.15) is 11.5 Å². The van der Waals surface area contributed by atoms with E-state index >= 15 is 0 Å². The molecular formula is C21H25ClN6O3. The van der Waals surface area contributed by atoms with Crippen molar-refractivity contribution in [3.63, 3.8) is 0 Å². The van der Waals surface area contributed by atoms with E-state index in [4.69, 9.17) is 14.2 Å². The van der Waals surface area contributed by atoms with Crippen LogP contribution in [0.2, 0.25) is 0 Å². The van der Waals surface area contributed by atoms with Crippen LogP contribution in [0.3, 0.4) is 0 Å². The average Bonchev–Trinajstić information content (AvgIpc) is 2.80. The van der Waals surface area contributed by atoms with Crippen molar-refractivity contribution in [3.8, 4) is 11.5 Å². The molecule has 3 aromatic rings. The molecule has 9 nitrogen and oxygen atoms in total. The summed E-state index contributed by atoms with van der Waals surface area (Å²) >= 11 is 0. The molecule has 31 heavy (non-hydrogen) atoms. The molecule has 10 heteroatoms. The van der Waals surface area contributed by atoms with Crippen molar-refractivity contribution < 1.29 is 14.2 Å². The van der Waals surface area contributed by atoms with Gasteiger partial charge in [0.25, 0.3) is 0 Å². The Morgan fingerprint density at radius 3 is 2.19 bits per heavy atom. The van der Waals surface area contributed by atoms with E-state index in [1.165, 1.54) is 0 Å². The van der Waals surface area contributed by atoms with Crippen LogP contribution in [0.25, 0.3) is 0 Å². The molecule has 0 aliphatic carbocycles. The van der Waals surface area contributed by atoms with E-state index in [0.717, 1.165) is 30.2 Å². The Bertz CT molecular complexity index is 983. The van der Waals surface area contributed by atoms with Gasteiger partial charge in [-0.3, -0.25) is 0 Å². The maximum atomic E-state index is 5.45. The second-order valence-corrected chi connectivity index (χ2v) is 6.56. The van der Waals surface area contributed by atoms with Gasteiger partial charge in [-0.1, -0.05) is 12.1 Å². The van der Waals surface area contributed by atoms with Gasteiger partial charge in [0.05, 0.1) is 33.1 Å². The van der Waals surface area contributed by atoms with Crippen LogP contribution in [0, 0.1) is 0 Å². The van der Waals surface area contributed by atoms with Crippen molar-refractivity contribution in [2.45, 2.75) is 0 Å². The van der Waals surface area contributed by atoms with E-state index in [1.807, 2.05) is 48.5 Å². The molecule has 164 valence electrons. The quantitative estimate of drug-likeness (QED) is 0.566. The fourth-order valence-corrected chi connectivity index (χ4v) is 3.05. The van der Waals surface area contributed by atoms with Crippen molar-refractivity contribution in [1.82, 2.24) is 15.0 Å². The van der Waals surface area contributed by atoms with Crippen molar-refractivity contribution >= 4 is 41.6 Å². The summed E-state index contributed by atoms with van der Waals surface area (Å²) in [6.07, 6.45) is 0. The standard InChI is InChI=1S/C21H24N6O3.ClH/c1-28-16-9-7-15(8-10-16)22-19-24-20(23-17-5-3-4-6-18(17)29-2)26-21(25-19)27-11-13-30-14-12-27;/h3-10H,11-14H2,1-2H3,(H2,22,23,24,25,26);1H. The van der Waals surface area contributed by atoms with Crippen LogP contribution >= 0.6 is 12.4 Å². The number of nitrogens with one attached hydrogen (secondary N) is 2. The third kappa shape index (κ3) is 5.65. The predicted molar refractivity (Wildman–Crippen MR) is 123 cm³/mol. The number of para-hydroxylation sites is 2. The molecule has 1 aromatic heterocycles. The minimum Gasteiger partial charge on any atom is -0.497 e. The van der Waals surface area contributed by atoms with E-state index in [-0.39, 0.29) is 12.4 Å². The molecule has 0 bridgehead atoms. The largest absolute Gasteiger partial charge is 0.497 e. The minimum atomic E-state index is 0. The van der Waals surface area contributed by atoms with Crippen molar-refractivity contribution in [2.75, 3.05) is 56.1 Å². The molecular weight excluding hydrogens is 420 g/mol. The summed E-state index contributed by atoms with van der Waals surface area (Å²) in [6, 6.07) is 15.2. The van der Waals surface area contributed by atoms with Gasteiger partial charge in [-0.25, -0.2) is 0 Å². The minimum absolute atomic E-state index is 0. The first-order chi connectivity index (χ1) is 14.7. The smallest absolute Gasteiger partial charge is 0.233 e. The molecule has 0 amide bonds. The van der Waals surface area contributed by atoms with E-state index in [0.29, 0.717) is 36.8 Å². The lowest BCUT2D eigenvalue weighted by molar-refractivity contribution is 0.122. The number of anilines is 5. The molecule has 1 aliphatic heterocycles. The molecule has 2 aromatic carbocycles. The monoisotopic (exact) mass is 444 g/mol. The van der Waals surface area contributed by atoms with Gasteiger partial charge in [0.15, 0.2) is 0 Å². The number of nitrogens with zero attached hydrogens (tertiary/aromatic N) is 4. The zero-order valence-corrected chi connectivity index (χ0v) is 18.2. The highest BCUT2D eigenvalue weighted by molar-refractivity contribution is 5.85. The highest BCUT2D eigenvalue weighted by Gasteiger charge is 2.17. The van der Waals surface area contributed by atoms with Crippen molar-refractivity contribution in [3.05, 3.63) is 48.5 Å². The number of benzene rings is 2. The number of rotatable bonds is 7. The Labute approximate surface area is 187 Å². The summed E-state index contributed by atoms with van der Waals surface area (Å²) in [6.45, 7) is 2.73. The number of ether oxygens (including phenoxy) is 3. The Balaban J connectivity index is 0.00000272. The first kappa shape index (κ1) is 22.4. The molecule has 0 saturated carbocycles. The molecule has 1 saturated heterocycles. The summed E-state index contributed by atoms with van der Waals surface area (Å²) in [7, 11) is 3.27. The molecule has 2 heterocycles. The molecule has 2 N–H and O–H groups in total. The van der Waals surface area contributed by atoms with E-state index in [9.17, 15) is 0 Å². The Morgan fingerprint density at radius 2 is 1.52 bits per heavy atom.